The first kappa shape index (κ1) is 21.6. The molecular weight excluding hydrogens is 332 g/mol. The third-order valence-electron chi connectivity index (χ3n) is 5.18. The minimum absolute atomic E-state index is 0.00233. The highest BCUT2D eigenvalue weighted by Crippen LogP contribution is 2.41. The zero-order valence-electron chi connectivity index (χ0n) is 16.5. The molecule has 1 aromatic carbocycles. The molecule has 4 nitrogen and oxygen atoms in total. The third kappa shape index (κ3) is 5.27. The van der Waals surface area contributed by atoms with Gasteiger partial charge in [0.15, 0.2) is 8.32 Å². The van der Waals surface area contributed by atoms with Crippen LogP contribution in [0.5, 0.6) is 0 Å². The van der Waals surface area contributed by atoms with E-state index in [1.807, 2.05) is 30.3 Å². The van der Waals surface area contributed by atoms with Gasteiger partial charge in [0.1, 0.15) is 0 Å². The maximum absolute atomic E-state index is 11.8. The summed E-state index contributed by atoms with van der Waals surface area (Å²) in [4.78, 5) is 11.8. The molecule has 140 valence electrons. The van der Waals surface area contributed by atoms with E-state index in [1.165, 1.54) is 7.11 Å². The van der Waals surface area contributed by atoms with E-state index in [-0.39, 0.29) is 10.6 Å². The van der Waals surface area contributed by atoms with Crippen LogP contribution >= 0.6 is 0 Å². The first-order valence-corrected chi connectivity index (χ1v) is 11.5. The molecule has 0 heterocycles. The van der Waals surface area contributed by atoms with Gasteiger partial charge in [-0.25, -0.2) is 4.79 Å². The monoisotopic (exact) mass is 364 g/mol. The molecule has 1 N–H and O–H groups in total. The lowest BCUT2D eigenvalue weighted by Gasteiger charge is -2.41. The molecule has 0 spiro atoms. The molecule has 0 saturated heterocycles. The number of hydrogen-bond donors (Lipinski definition) is 1. The van der Waals surface area contributed by atoms with Gasteiger partial charge < -0.3 is 14.3 Å². The molecule has 0 saturated carbocycles. The number of ether oxygens (including phenoxy) is 1. The molecule has 1 rings (SSSR count). The van der Waals surface area contributed by atoms with Gasteiger partial charge in [0.25, 0.3) is 0 Å². The number of methoxy groups -OCH3 is 1. The second kappa shape index (κ2) is 8.30. The van der Waals surface area contributed by atoms with Crippen LogP contribution < -0.4 is 0 Å². The van der Waals surface area contributed by atoms with E-state index < -0.39 is 32.4 Å². The first-order chi connectivity index (χ1) is 11.4. The van der Waals surface area contributed by atoms with Gasteiger partial charge >= 0.3 is 5.97 Å². The van der Waals surface area contributed by atoms with Crippen LogP contribution in [-0.2, 0) is 14.0 Å². The van der Waals surface area contributed by atoms with Crippen LogP contribution in [0.3, 0.4) is 0 Å². The number of hydrogen-bond acceptors (Lipinski definition) is 4. The molecule has 0 amide bonds. The fourth-order valence-electron chi connectivity index (χ4n) is 2.26. The molecule has 0 bridgehead atoms. The topological polar surface area (TPSA) is 55.8 Å². The Labute approximate surface area is 153 Å². The van der Waals surface area contributed by atoms with Crippen LogP contribution in [0.2, 0.25) is 18.1 Å². The van der Waals surface area contributed by atoms with E-state index in [4.69, 9.17) is 9.16 Å². The molecule has 25 heavy (non-hydrogen) atoms. The van der Waals surface area contributed by atoms with Crippen LogP contribution in [0.15, 0.2) is 42.5 Å². The van der Waals surface area contributed by atoms with Crippen molar-refractivity contribution in [2.24, 2.45) is 5.92 Å². The SMILES string of the molecule is C=C(C(=O)OC)[C@H](C)[C@H](O)[C@H](O[Si](C)(C)C(C)(C)C)c1ccccc1. The summed E-state index contributed by atoms with van der Waals surface area (Å²) < 4.78 is 11.3. The van der Waals surface area contributed by atoms with Crippen LogP contribution in [0, 0.1) is 5.92 Å². The summed E-state index contributed by atoms with van der Waals surface area (Å²) >= 11 is 0. The summed E-state index contributed by atoms with van der Waals surface area (Å²) in [6.07, 6.45) is -1.43. The lowest BCUT2D eigenvalue weighted by Crippen LogP contribution is -2.45. The van der Waals surface area contributed by atoms with Gasteiger partial charge in [0.2, 0.25) is 0 Å². The summed E-state index contributed by atoms with van der Waals surface area (Å²) in [6.45, 7) is 16.3. The van der Waals surface area contributed by atoms with E-state index >= 15 is 0 Å². The van der Waals surface area contributed by atoms with E-state index in [9.17, 15) is 9.90 Å². The summed E-state index contributed by atoms with van der Waals surface area (Å²) in [7, 11) is -0.823. The minimum Gasteiger partial charge on any atom is -0.466 e. The fourth-order valence-corrected chi connectivity index (χ4v) is 3.52. The van der Waals surface area contributed by atoms with Crippen LogP contribution in [0.25, 0.3) is 0 Å². The van der Waals surface area contributed by atoms with Crippen molar-refractivity contribution in [1.82, 2.24) is 0 Å². The smallest absolute Gasteiger partial charge is 0.333 e. The van der Waals surface area contributed by atoms with Crippen molar-refractivity contribution in [2.45, 2.75) is 58.0 Å². The number of aliphatic hydroxyl groups is 1. The van der Waals surface area contributed by atoms with Crippen molar-refractivity contribution in [3.05, 3.63) is 48.0 Å². The summed E-state index contributed by atoms with van der Waals surface area (Å²) in [6, 6.07) is 9.65. The van der Waals surface area contributed by atoms with Crippen molar-refractivity contribution >= 4 is 14.3 Å². The van der Waals surface area contributed by atoms with Gasteiger partial charge in [0, 0.05) is 11.5 Å². The van der Waals surface area contributed by atoms with Crippen LogP contribution in [0.4, 0.5) is 0 Å². The maximum Gasteiger partial charge on any atom is 0.333 e. The Hall–Kier alpha value is -1.43. The van der Waals surface area contributed by atoms with E-state index in [0.29, 0.717) is 0 Å². The minimum atomic E-state index is -2.14. The van der Waals surface area contributed by atoms with E-state index in [2.05, 4.69) is 40.4 Å². The zero-order chi connectivity index (χ0) is 19.4. The highest BCUT2D eigenvalue weighted by molar-refractivity contribution is 6.74. The normalized spacial score (nSPS) is 16.0. The molecule has 0 unspecified atom stereocenters. The molecule has 0 fully saturated rings. The molecule has 3 atom stereocenters. The van der Waals surface area contributed by atoms with Gasteiger partial charge in [-0.15, -0.1) is 0 Å². The number of carbonyl (C=O) groups is 1. The molecule has 1 aromatic rings. The maximum atomic E-state index is 11.8. The Bertz CT molecular complexity index is 589. The first-order valence-electron chi connectivity index (χ1n) is 8.60. The van der Waals surface area contributed by atoms with Crippen molar-refractivity contribution in [1.29, 1.82) is 0 Å². The average Bonchev–Trinajstić information content (AvgIpc) is 2.56. The predicted molar refractivity (Wildman–Crippen MR) is 104 cm³/mol. The second-order valence-electron chi connectivity index (χ2n) is 8.01. The lowest BCUT2D eigenvalue weighted by molar-refractivity contribution is -0.137. The predicted octanol–water partition coefficient (Wildman–Crippen LogP) is 4.48. The number of esters is 1. The molecule has 0 radical (unpaired) electrons. The summed E-state index contributed by atoms with van der Waals surface area (Å²) in [5.74, 6) is -0.992. The summed E-state index contributed by atoms with van der Waals surface area (Å²) in [5, 5.41) is 11.0. The molecule has 0 aliphatic heterocycles. The largest absolute Gasteiger partial charge is 0.466 e. The van der Waals surface area contributed by atoms with E-state index in [0.717, 1.165) is 5.56 Å². The Balaban J connectivity index is 3.20. The number of rotatable bonds is 7. The van der Waals surface area contributed by atoms with Crippen LogP contribution in [-0.4, -0.2) is 32.6 Å². The van der Waals surface area contributed by atoms with Crippen molar-refractivity contribution in [3.63, 3.8) is 0 Å². The van der Waals surface area contributed by atoms with Crippen LogP contribution in [0.1, 0.15) is 39.4 Å². The fraction of sp³-hybridized carbons (Fsp3) is 0.550. The zero-order valence-corrected chi connectivity index (χ0v) is 17.5. The number of aliphatic hydroxyl groups excluding tert-OH is 1. The Morgan fingerprint density at radius 3 is 2.16 bits per heavy atom. The Morgan fingerprint density at radius 1 is 1.20 bits per heavy atom. The number of carbonyl (C=O) groups excluding carboxylic acids is 1. The van der Waals surface area contributed by atoms with Crippen molar-refractivity contribution in [3.8, 4) is 0 Å². The second-order valence-corrected chi connectivity index (χ2v) is 12.8. The number of benzene rings is 1. The van der Waals surface area contributed by atoms with Gasteiger partial charge in [-0.3, -0.25) is 0 Å². The molecule has 0 aromatic heterocycles. The Kier molecular flexibility index (Phi) is 7.17. The molecular formula is C20H32O4Si. The van der Waals surface area contributed by atoms with Gasteiger partial charge in [-0.2, -0.15) is 0 Å². The van der Waals surface area contributed by atoms with Gasteiger partial charge in [0.05, 0.1) is 19.3 Å². The Morgan fingerprint density at radius 2 is 1.72 bits per heavy atom. The summed E-state index contributed by atoms with van der Waals surface area (Å²) in [5.41, 5.74) is 1.14. The van der Waals surface area contributed by atoms with E-state index in [1.54, 1.807) is 6.92 Å². The average molecular weight is 365 g/mol. The van der Waals surface area contributed by atoms with Crippen molar-refractivity contribution < 1.29 is 19.1 Å². The standard InChI is InChI=1S/C20H32O4Si/c1-14(15(2)19(22)23-6)17(21)18(16-12-10-9-11-13-16)24-25(7,8)20(3,4)5/h9-14,17-18,21H,2H2,1,3-8H3/t14-,17-,18+/m0/s1. The van der Waals surface area contributed by atoms with Gasteiger partial charge in [-0.05, 0) is 23.7 Å². The van der Waals surface area contributed by atoms with Gasteiger partial charge in [-0.1, -0.05) is 64.6 Å². The lowest BCUT2D eigenvalue weighted by atomic mass is 9.90. The molecule has 0 aliphatic carbocycles. The van der Waals surface area contributed by atoms with Crippen molar-refractivity contribution in [2.75, 3.05) is 7.11 Å². The highest BCUT2D eigenvalue weighted by Gasteiger charge is 2.42. The molecule has 0 aliphatic rings. The highest BCUT2D eigenvalue weighted by atomic mass is 28.4. The third-order valence-corrected chi connectivity index (χ3v) is 9.63. The molecule has 5 heteroatoms. The quantitative estimate of drug-likeness (QED) is 0.440.